The van der Waals surface area contributed by atoms with E-state index in [1.807, 2.05) is 0 Å². The molecule has 6 heteroatoms. The van der Waals surface area contributed by atoms with E-state index in [0.29, 0.717) is 19.3 Å². The number of rotatable bonds is 60. The minimum Gasteiger partial charge on any atom is -0.462 e. The molecule has 0 saturated heterocycles. The third-order valence-corrected chi connectivity index (χ3v) is 14.6. The van der Waals surface area contributed by atoms with Crippen LogP contribution in [-0.2, 0) is 28.6 Å². The zero-order valence-corrected chi connectivity index (χ0v) is 49.2. The van der Waals surface area contributed by atoms with Gasteiger partial charge in [0.1, 0.15) is 13.2 Å². The Morgan fingerprint density at radius 2 is 0.493 bits per heavy atom. The van der Waals surface area contributed by atoms with Crippen LogP contribution in [0, 0.1) is 0 Å². The standard InChI is InChI=1S/C67H124O6/c1-4-7-10-13-16-19-22-25-28-31-32-33-34-37-39-42-45-48-51-54-57-60-66(69)72-63-64(73-67(70)61-58-55-52-49-46-43-40-36-30-27-24-21-18-15-12-9-6-3)62-71-65(68)59-56-53-50-47-44-41-38-35-29-26-23-20-17-14-11-8-5-2/h18,21,27,30,40,43,64H,4-17,19-20,22-26,28-29,31-39,41-42,44-63H2,1-3H3/b21-18-,30-27-,43-40-. The van der Waals surface area contributed by atoms with E-state index in [4.69, 9.17) is 14.2 Å². The molecule has 0 aliphatic heterocycles. The lowest BCUT2D eigenvalue weighted by Gasteiger charge is -2.18. The van der Waals surface area contributed by atoms with Gasteiger partial charge in [-0.25, -0.2) is 0 Å². The minimum absolute atomic E-state index is 0.0759. The SMILES string of the molecule is CCCCC/C=C\C/C=C\C/C=C\CCCCCCC(=O)OC(COC(=O)CCCCCCCCCCCCCCCCCCC)COC(=O)CCCCCCCCCCCCCCCCCCCCCCC. The predicted octanol–water partition coefficient (Wildman–Crippen LogP) is 22.0. The summed E-state index contributed by atoms with van der Waals surface area (Å²) in [4.78, 5) is 38.3. The Hall–Kier alpha value is -2.37. The van der Waals surface area contributed by atoms with Crippen LogP contribution in [0.15, 0.2) is 36.5 Å². The highest BCUT2D eigenvalue weighted by Gasteiger charge is 2.19. The summed E-state index contributed by atoms with van der Waals surface area (Å²) in [5.41, 5.74) is 0. The van der Waals surface area contributed by atoms with E-state index in [-0.39, 0.29) is 31.1 Å². The molecule has 428 valence electrons. The van der Waals surface area contributed by atoms with Crippen LogP contribution in [0.2, 0.25) is 0 Å². The average molecular weight is 1030 g/mol. The van der Waals surface area contributed by atoms with E-state index in [9.17, 15) is 14.4 Å². The Morgan fingerprint density at radius 3 is 0.795 bits per heavy atom. The van der Waals surface area contributed by atoms with E-state index < -0.39 is 6.10 Å². The molecule has 0 fully saturated rings. The van der Waals surface area contributed by atoms with Gasteiger partial charge in [-0.15, -0.1) is 0 Å². The second-order valence-corrected chi connectivity index (χ2v) is 22.0. The fourth-order valence-electron chi connectivity index (χ4n) is 9.75. The van der Waals surface area contributed by atoms with Crippen LogP contribution in [-0.4, -0.2) is 37.2 Å². The molecule has 1 atom stereocenters. The van der Waals surface area contributed by atoms with Crippen molar-refractivity contribution in [1.82, 2.24) is 0 Å². The highest BCUT2D eigenvalue weighted by molar-refractivity contribution is 5.71. The molecule has 0 aromatic rings. The molecule has 0 heterocycles. The molecule has 0 aliphatic rings. The summed E-state index contributed by atoms with van der Waals surface area (Å²) in [5, 5.41) is 0. The molecule has 0 radical (unpaired) electrons. The molecule has 0 N–H and O–H groups in total. The first-order chi connectivity index (χ1) is 36.0. The van der Waals surface area contributed by atoms with Crippen molar-refractivity contribution in [3.8, 4) is 0 Å². The van der Waals surface area contributed by atoms with Gasteiger partial charge in [0.2, 0.25) is 0 Å². The Morgan fingerprint density at radius 1 is 0.274 bits per heavy atom. The van der Waals surface area contributed by atoms with Crippen LogP contribution in [0.1, 0.15) is 355 Å². The van der Waals surface area contributed by atoms with E-state index >= 15 is 0 Å². The van der Waals surface area contributed by atoms with Crippen LogP contribution in [0.25, 0.3) is 0 Å². The Balaban J connectivity index is 4.33. The largest absolute Gasteiger partial charge is 0.462 e. The Labute approximate surface area is 455 Å². The molecule has 0 spiro atoms. The van der Waals surface area contributed by atoms with Gasteiger partial charge in [0, 0.05) is 19.3 Å². The number of esters is 3. The van der Waals surface area contributed by atoms with E-state index in [1.165, 1.54) is 231 Å². The third-order valence-electron chi connectivity index (χ3n) is 14.6. The highest BCUT2D eigenvalue weighted by Crippen LogP contribution is 2.18. The summed E-state index contributed by atoms with van der Waals surface area (Å²) in [6.45, 7) is 6.66. The molecule has 0 amide bonds. The molecule has 0 rings (SSSR count). The fourth-order valence-corrected chi connectivity index (χ4v) is 9.75. The van der Waals surface area contributed by atoms with Gasteiger partial charge in [-0.1, -0.05) is 314 Å². The van der Waals surface area contributed by atoms with Crippen molar-refractivity contribution >= 4 is 17.9 Å². The van der Waals surface area contributed by atoms with Gasteiger partial charge in [0.05, 0.1) is 0 Å². The van der Waals surface area contributed by atoms with Crippen LogP contribution in [0.4, 0.5) is 0 Å². The third kappa shape index (κ3) is 60.4. The van der Waals surface area contributed by atoms with Crippen molar-refractivity contribution < 1.29 is 28.6 Å². The summed E-state index contributed by atoms with van der Waals surface area (Å²) in [5.74, 6) is -0.871. The number of hydrogen-bond acceptors (Lipinski definition) is 6. The van der Waals surface area contributed by atoms with Crippen molar-refractivity contribution in [2.75, 3.05) is 13.2 Å². The van der Waals surface area contributed by atoms with Crippen molar-refractivity contribution in [1.29, 1.82) is 0 Å². The van der Waals surface area contributed by atoms with Crippen LogP contribution < -0.4 is 0 Å². The van der Waals surface area contributed by atoms with Crippen molar-refractivity contribution in [3.63, 3.8) is 0 Å². The minimum atomic E-state index is -0.781. The van der Waals surface area contributed by atoms with Crippen LogP contribution in [0.3, 0.4) is 0 Å². The van der Waals surface area contributed by atoms with Crippen molar-refractivity contribution in [2.24, 2.45) is 0 Å². The topological polar surface area (TPSA) is 78.9 Å². The number of hydrogen-bond donors (Lipinski definition) is 0. The highest BCUT2D eigenvalue weighted by atomic mass is 16.6. The van der Waals surface area contributed by atoms with Gasteiger partial charge in [0.25, 0.3) is 0 Å². The number of unbranched alkanes of at least 4 members (excludes halogenated alkanes) is 43. The number of carbonyl (C=O) groups excluding carboxylic acids is 3. The fraction of sp³-hybridized carbons (Fsp3) is 0.866. The second kappa shape index (κ2) is 62.2. The normalized spacial score (nSPS) is 12.2. The molecule has 0 aromatic heterocycles. The first kappa shape index (κ1) is 70.6. The van der Waals surface area contributed by atoms with Gasteiger partial charge >= 0.3 is 17.9 Å². The molecule has 1 unspecified atom stereocenters. The average Bonchev–Trinajstić information content (AvgIpc) is 3.39. The summed E-state index contributed by atoms with van der Waals surface area (Å²) >= 11 is 0. The zero-order chi connectivity index (χ0) is 52.9. The summed E-state index contributed by atoms with van der Waals surface area (Å²) < 4.78 is 16.9. The number of ether oxygens (including phenoxy) is 3. The molecule has 0 aromatic carbocycles. The van der Waals surface area contributed by atoms with Crippen molar-refractivity contribution in [3.05, 3.63) is 36.5 Å². The van der Waals surface area contributed by atoms with Gasteiger partial charge in [-0.3, -0.25) is 14.4 Å². The van der Waals surface area contributed by atoms with E-state index in [1.54, 1.807) is 0 Å². The zero-order valence-electron chi connectivity index (χ0n) is 49.2. The number of carbonyl (C=O) groups is 3. The maximum absolute atomic E-state index is 12.9. The van der Waals surface area contributed by atoms with Gasteiger partial charge in [-0.05, 0) is 57.8 Å². The molecule has 0 aliphatic carbocycles. The molecular weight excluding hydrogens is 901 g/mol. The molecule has 0 saturated carbocycles. The van der Waals surface area contributed by atoms with Crippen LogP contribution >= 0.6 is 0 Å². The van der Waals surface area contributed by atoms with Crippen LogP contribution in [0.5, 0.6) is 0 Å². The Bertz CT molecular complexity index is 1220. The lowest BCUT2D eigenvalue weighted by Crippen LogP contribution is -2.30. The molecule has 73 heavy (non-hydrogen) atoms. The monoisotopic (exact) mass is 1020 g/mol. The first-order valence-corrected chi connectivity index (χ1v) is 32.5. The lowest BCUT2D eigenvalue weighted by molar-refractivity contribution is -0.167. The summed E-state index contributed by atoms with van der Waals surface area (Å²) in [6.07, 6.45) is 75.8. The smallest absolute Gasteiger partial charge is 0.306 e. The second-order valence-electron chi connectivity index (χ2n) is 22.0. The summed E-state index contributed by atoms with van der Waals surface area (Å²) in [6, 6.07) is 0. The van der Waals surface area contributed by atoms with Gasteiger partial charge in [0.15, 0.2) is 6.10 Å². The van der Waals surface area contributed by atoms with Gasteiger partial charge in [-0.2, -0.15) is 0 Å². The van der Waals surface area contributed by atoms with Gasteiger partial charge < -0.3 is 14.2 Å². The maximum Gasteiger partial charge on any atom is 0.306 e. The predicted molar refractivity (Wildman–Crippen MR) is 316 cm³/mol. The molecular formula is C67H124O6. The molecule has 0 bridgehead atoms. The maximum atomic E-state index is 12.9. The lowest BCUT2D eigenvalue weighted by atomic mass is 10.0. The summed E-state index contributed by atoms with van der Waals surface area (Å²) in [7, 11) is 0. The van der Waals surface area contributed by atoms with E-state index in [0.717, 1.165) is 83.5 Å². The first-order valence-electron chi connectivity index (χ1n) is 32.5. The number of allylic oxidation sites excluding steroid dienone is 6. The molecule has 6 nitrogen and oxygen atoms in total. The Kier molecular flexibility index (Phi) is 60.2. The van der Waals surface area contributed by atoms with E-state index in [2.05, 4.69) is 57.2 Å². The van der Waals surface area contributed by atoms with Crippen molar-refractivity contribution in [2.45, 2.75) is 361 Å². The quantitative estimate of drug-likeness (QED) is 0.0261.